The molecule has 1 aromatic rings. The summed E-state index contributed by atoms with van der Waals surface area (Å²) in [5.74, 6) is -0.00829. The SMILES string of the molecule is CC(CCCCCCCCCCCCc1ccc(I)cc1)CC(=O)N=[N+]=[N-]. The number of aryl methyl sites for hydroxylation is 1. The molecule has 5 heteroatoms. The minimum Gasteiger partial charge on any atom is -0.293 e. The maximum Gasteiger partial charge on any atom is 0.219 e. The first-order valence-corrected chi connectivity index (χ1v) is 11.5. The van der Waals surface area contributed by atoms with Gasteiger partial charge in [-0.2, -0.15) is 0 Å². The lowest BCUT2D eigenvalue weighted by Gasteiger charge is -2.08. The Morgan fingerprint density at radius 3 is 2.04 bits per heavy atom. The standard InChI is InChI=1S/C22H34IN3O/c1-19(18-22(27)25-26-24)12-10-8-6-4-2-3-5-7-9-11-13-20-14-16-21(23)17-15-20/h14-17,19H,2-13,18H2,1H3. The van der Waals surface area contributed by atoms with Crippen LogP contribution in [0.3, 0.4) is 0 Å². The highest BCUT2D eigenvalue weighted by molar-refractivity contribution is 14.1. The van der Waals surface area contributed by atoms with Crippen molar-refractivity contribution >= 4 is 28.5 Å². The van der Waals surface area contributed by atoms with Crippen LogP contribution in [0.2, 0.25) is 0 Å². The number of nitrogens with zero attached hydrogens (tertiary/aromatic N) is 3. The van der Waals surface area contributed by atoms with Crippen molar-refractivity contribution in [2.24, 2.45) is 11.0 Å². The average molecular weight is 483 g/mol. The van der Waals surface area contributed by atoms with Crippen LogP contribution in [-0.4, -0.2) is 5.91 Å². The fourth-order valence-electron chi connectivity index (χ4n) is 3.38. The van der Waals surface area contributed by atoms with Crippen LogP contribution in [0.1, 0.15) is 89.5 Å². The number of rotatable bonds is 15. The molecule has 4 nitrogen and oxygen atoms in total. The summed E-state index contributed by atoms with van der Waals surface area (Å²) in [6.07, 6.45) is 15.8. The number of carbonyl (C=O) groups excluding carboxylic acids is 1. The summed E-state index contributed by atoms with van der Waals surface area (Å²) in [5, 5.41) is 3.13. The molecule has 0 saturated heterocycles. The van der Waals surface area contributed by atoms with Crippen LogP contribution in [0.15, 0.2) is 29.4 Å². The van der Waals surface area contributed by atoms with E-state index >= 15 is 0 Å². The molecule has 1 rings (SSSR count). The third-order valence-corrected chi connectivity index (χ3v) is 5.72. The van der Waals surface area contributed by atoms with Crippen molar-refractivity contribution in [3.8, 4) is 0 Å². The summed E-state index contributed by atoms with van der Waals surface area (Å²) >= 11 is 2.35. The number of azide groups is 1. The summed E-state index contributed by atoms with van der Waals surface area (Å²) in [4.78, 5) is 13.8. The molecule has 0 fully saturated rings. The number of unbranched alkanes of at least 4 members (excludes halogenated alkanes) is 9. The van der Waals surface area contributed by atoms with E-state index in [-0.39, 0.29) is 5.91 Å². The molecule has 0 aromatic heterocycles. The van der Waals surface area contributed by atoms with Gasteiger partial charge in [0.25, 0.3) is 0 Å². The van der Waals surface area contributed by atoms with Crippen LogP contribution in [0.25, 0.3) is 10.4 Å². The Morgan fingerprint density at radius 1 is 0.963 bits per heavy atom. The first-order valence-electron chi connectivity index (χ1n) is 10.4. The van der Waals surface area contributed by atoms with Crippen molar-refractivity contribution in [2.45, 2.75) is 90.4 Å². The average Bonchev–Trinajstić information content (AvgIpc) is 2.64. The van der Waals surface area contributed by atoms with E-state index in [9.17, 15) is 4.79 Å². The van der Waals surface area contributed by atoms with Crippen molar-refractivity contribution in [3.05, 3.63) is 43.8 Å². The Balaban J connectivity index is 1.84. The molecule has 0 saturated carbocycles. The Labute approximate surface area is 178 Å². The molecule has 1 amide bonds. The highest BCUT2D eigenvalue weighted by Gasteiger charge is 2.07. The fraction of sp³-hybridized carbons (Fsp3) is 0.682. The van der Waals surface area contributed by atoms with Gasteiger partial charge in [-0.05, 0) is 69.7 Å². The molecule has 150 valence electrons. The van der Waals surface area contributed by atoms with Crippen LogP contribution in [0.4, 0.5) is 0 Å². The molecular formula is C22H34IN3O. The second-order valence-corrected chi connectivity index (χ2v) is 8.84. The van der Waals surface area contributed by atoms with Crippen molar-refractivity contribution in [3.63, 3.8) is 0 Å². The van der Waals surface area contributed by atoms with Crippen LogP contribution in [-0.2, 0) is 11.2 Å². The second kappa shape index (κ2) is 15.9. The van der Waals surface area contributed by atoms with Gasteiger partial charge >= 0.3 is 0 Å². The first kappa shape index (κ1) is 24.0. The summed E-state index contributed by atoms with van der Waals surface area (Å²) < 4.78 is 1.31. The molecular weight excluding hydrogens is 449 g/mol. The molecule has 0 aliphatic rings. The topological polar surface area (TPSA) is 65.8 Å². The van der Waals surface area contributed by atoms with E-state index in [1.807, 2.05) is 0 Å². The van der Waals surface area contributed by atoms with Crippen molar-refractivity contribution in [1.29, 1.82) is 0 Å². The van der Waals surface area contributed by atoms with Gasteiger partial charge in [-0.3, -0.25) is 4.79 Å². The number of hydrogen-bond donors (Lipinski definition) is 0. The van der Waals surface area contributed by atoms with Crippen LogP contribution in [0.5, 0.6) is 0 Å². The third kappa shape index (κ3) is 13.7. The molecule has 0 aliphatic heterocycles. The summed E-state index contributed by atoms with van der Waals surface area (Å²) in [6.45, 7) is 2.06. The Bertz CT molecular complexity index is 567. The van der Waals surface area contributed by atoms with Gasteiger partial charge in [-0.15, -0.1) is 0 Å². The van der Waals surface area contributed by atoms with E-state index in [0.717, 1.165) is 6.42 Å². The smallest absolute Gasteiger partial charge is 0.219 e. The second-order valence-electron chi connectivity index (χ2n) is 7.59. The maximum atomic E-state index is 11.2. The van der Waals surface area contributed by atoms with Gasteiger partial charge in [0, 0.05) is 14.9 Å². The van der Waals surface area contributed by atoms with E-state index in [1.54, 1.807) is 0 Å². The fourth-order valence-corrected chi connectivity index (χ4v) is 3.74. The molecule has 0 N–H and O–H groups in total. The monoisotopic (exact) mass is 483 g/mol. The van der Waals surface area contributed by atoms with Gasteiger partial charge in [-0.1, -0.05) is 83.3 Å². The van der Waals surface area contributed by atoms with Gasteiger partial charge in [0.1, 0.15) is 0 Å². The highest BCUT2D eigenvalue weighted by atomic mass is 127. The summed E-state index contributed by atoms with van der Waals surface area (Å²) in [6, 6.07) is 8.89. The molecule has 1 atom stereocenters. The van der Waals surface area contributed by atoms with E-state index in [2.05, 4.69) is 63.8 Å². The zero-order chi connectivity index (χ0) is 19.7. The lowest BCUT2D eigenvalue weighted by atomic mass is 9.98. The molecule has 0 spiro atoms. The zero-order valence-electron chi connectivity index (χ0n) is 16.7. The minimum absolute atomic E-state index is 0.322. The van der Waals surface area contributed by atoms with E-state index in [4.69, 9.17) is 5.53 Å². The number of benzene rings is 1. The molecule has 0 radical (unpaired) electrons. The summed E-state index contributed by atoms with van der Waals surface area (Å²) in [7, 11) is 0. The maximum absolute atomic E-state index is 11.2. The van der Waals surface area contributed by atoms with Gasteiger partial charge in [0.15, 0.2) is 0 Å². The zero-order valence-corrected chi connectivity index (χ0v) is 18.9. The highest BCUT2D eigenvalue weighted by Crippen LogP contribution is 2.16. The Kier molecular flexibility index (Phi) is 14.1. The van der Waals surface area contributed by atoms with Crippen molar-refractivity contribution in [2.75, 3.05) is 0 Å². The molecule has 0 aliphatic carbocycles. The van der Waals surface area contributed by atoms with E-state index in [1.165, 1.54) is 79.8 Å². The first-order chi connectivity index (χ1) is 13.1. The van der Waals surface area contributed by atoms with Crippen molar-refractivity contribution < 1.29 is 4.79 Å². The molecule has 0 bridgehead atoms. The van der Waals surface area contributed by atoms with E-state index in [0.29, 0.717) is 12.3 Å². The van der Waals surface area contributed by atoms with Crippen molar-refractivity contribution in [1.82, 2.24) is 0 Å². The van der Waals surface area contributed by atoms with Crippen LogP contribution in [0, 0.1) is 9.49 Å². The number of carbonyl (C=O) groups is 1. The molecule has 27 heavy (non-hydrogen) atoms. The lowest BCUT2D eigenvalue weighted by Crippen LogP contribution is -2.02. The Morgan fingerprint density at radius 2 is 1.48 bits per heavy atom. The third-order valence-electron chi connectivity index (χ3n) is 5.00. The normalized spacial score (nSPS) is 11.8. The van der Waals surface area contributed by atoms with Gasteiger partial charge in [0.05, 0.1) is 0 Å². The number of halogens is 1. The lowest BCUT2D eigenvalue weighted by molar-refractivity contribution is -0.118. The van der Waals surface area contributed by atoms with Gasteiger partial charge in [-0.25, -0.2) is 0 Å². The summed E-state index contributed by atoms with van der Waals surface area (Å²) in [5.41, 5.74) is 9.68. The van der Waals surface area contributed by atoms with E-state index < -0.39 is 0 Å². The molecule has 0 heterocycles. The predicted octanol–water partition coefficient (Wildman–Crippen LogP) is 7.99. The largest absolute Gasteiger partial charge is 0.293 e. The minimum atomic E-state index is -0.330. The molecule has 1 unspecified atom stereocenters. The van der Waals surface area contributed by atoms with Gasteiger partial charge in [0.2, 0.25) is 5.91 Å². The number of amides is 1. The van der Waals surface area contributed by atoms with Gasteiger partial charge < -0.3 is 0 Å². The number of hydrogen-bond acceptors (Lipinski definition) is 1. The van der Waals surface area contributed by atoms with Crippen LogP contribution < -0.4 is 0 Å². The van der Waals surface area contributed by atoms with Crippen LogP contribution >= 0.6 is 22.6 Å². The Hall–Kier alpha value is -1.07. The quantitative estimate of drug-likeness (QED) is 0.0820. The predicted molar refractivity (Wildman–Crippen MR) is 122 cm³/mol. The molecule has 1 aromatic carbocycles.